The summed E-state index contributed by atoms with van der Waals surface area (Å²) < 4.78 is 5.82. The van der Waals surface area contributed by atoms with Gasteiger partial charge in [0.2, 0.25) is 0 Å². The monoisotopic (exact) mass is 292 g/mol. The van der Waals surface area contributed by atoms with E-state index in [1.165, 1.54) is 0 Å². The van der Waals surface area contributed by atoms with E-state index in [1.54, 1.807) is 4.68 Å². The van der Waals surface area contributed by atoms with Crippen molar-refractivity contribution in [2.75, 3.05) is 0 Å². The first-order valence-electron chi connectivity index (χ1n) is 6.58. The van der Waals surface area contributed by atoms with E-state index in [0.29, 0.717) is 5.88 Å². The summed E-state index contributed by atoms with van der Waals surface area (Å²) in [5.74, 6) is 1.17. The van der Waals surface area contributed by atoms with Gasteiger partial charge in [0.25, 0.3) is 0 Å². The average molecular weight is 293 g/mol. The largest absolute Gasteiger partial charge is 0.276 e. The number of fused-ring (bicyclic) bond motifs is 1. The molecule has 0 amide bonds. The van der Waals surface area contributed by atoms with E-state index in [1.807, 2.05) is 31.8 Å². The fraction of sp³-hybridized carbons (Fsp3) is 0.462. The highest BCUT2D eigenvalue weighted by atomic mass is 35.5. The zero-order valence-corrected chi connectivity index (χ0v) is 12.8. The van der Waals surface area contributed by atoms with Crippen LogP contribution < -0.4 is 0 Å². The molecule has 0 radical (unpaired) electrons. The van der Waals surface area contributed by atoms with Crippen LogP contribution in [0.3, 0.4) is 0 Å². The van der Waals surface area contributed by atoms with Gasteiger partial charge in [-0.2, -0.15) is 10.2 Å². The zero-order chi connectivity index (χ0) is 14.4. The van der Waals surface area contributed by atoms with Crippen LogP contribution in [0.25, 0.3) is 16.9 Å². The summed E-state index contributed by atoms with van der Waals surface area (Å²) in [6, 6.07) is 0. The lowest BCUT2D eigenvalue weighted by Crippen LogP contribution is -2.06. The van der Waals surface area contributed by atoms with Crippen molar-refractivity contribution in [1.82, 2.24) is 29.1 Å². The van der Waals surface area contributed by atoms with Crippen LogP contribution in [0.4, 0.5) is 0 Å². The summed E-state index contributed by atoms with van der Waals surface area (Å²) in [4.78, 5) is 4.64. The molecule has 7 heteroatoms. The summed E-state index contributed by atoms with van der Waals surface area (Å²) in [6.45, 7) is 6.81. The van der Waals surface area contributed by atoms with Crippen molar-refractivity contribution in [3.05, 3.63) is 23.4 Å². The van der Waals surface area contributed by atoms with E-state index in [2.05, 4.69) is 26.7 Å². The van der Waals surface area contributed by atoms with E-state index < -0.39 is 0 Å². The third-order valence-electron chi connectivity index (χ3n) is 3.43. The van der Waals surface area contributed by atoms with Crippen LogP contribution in [0.5, 0.6) is 0 Å². The van der Waals surface area contributed by atoms with Gasteiger partial charge in [0.05, 0.1) is 23.0 Å². The second-order valence-electron chi connectivity index (χ2n) is 4.84. The molecule has 0 unspecified atom stereocenters. The highest BCUT2D eigenvalue weighted by molar-refractivity contribution is 6.17. The molecule has 0 atom stereocenters. The lowest BCUT2D eigenvalue weighted by molar-refractivity contribution is 0.660. The second-order valence-corrected chi connectivity index (χ2v) is 5.11. The van der Waals surface area contributed by atoms with E-state index in [4.69, 9.17) is 11.6 Å². The predicted molar refractivity (Wildman–Crippen MR) is 78.3 cm³/mol. The van der Waals surface area contributed by atoms with Crippen LogP contribution in [-0.2, 0) is 19.5 Å². The molecule has 3 aromatic heterocycles. The van der Waals surface area contributed by atoms with E-state index >= 15 is 0 Å². The molecule has 6 nitrogen and oxygen atoms in total. The van der Waals surface area contributed by atoms with E-state index in [-0.39, 0.29) is 0 Å². The van der Waals surface area contributed by atoms with Crippen LogP contribution in [0.2, 0.25) is 0 Å². The molecule has 3 heterocycles. The number of aromatic nitrogens is 6. The quantitative estimate of drug-likeness (QED) is 0.696. The number of imidazole rings is 1. The van der Waals surface area contributed by atoms with Crippen molar-refractivity contribution in [3.63, 3.8) is 0 Å². The fourth-order valence-electron chi connectivity index (χ4n) is 2.58. The Labute approximate surface area is 122 Å². The summed E-state index contributed by atoms with van der Waals surface area (Å²) in [6.07, 6.45) is 1.98. The Balaban J connectivity index is 2.40. The third-order valence-corrected chi connectivity index (χ3v) is 3.67. The average Bonchev–Trinajstić information content (AvgIpc) is 3.03. The second kappa shape index (κ2) is 4.63. The maximum absolute atomic E-state index is 6.08. The SMILES string of the molecule is CCn1nc(C)c2nc(CCl)n(-c3cn(C)nc3C)c21. The molecule has 0 N–H and O–H groups in total. The normalized spacial score (nSPS) is 11.7. The summed E-state index contributed by atoms with van der Waals surface area (Å²) in [5.41, 5.74) is 4.76. The van der Waals surface area contributed by atoms with E-state index in [9.17, 15) is 0 Å². The zero-order valence-electron chi connectivity index (χ0n) is 12.1. The molecule has 0 saturated carbocycles. The van der Waals surface area contributed by atoms with Crippen LogP contribution in [0.15, 0.2) is 6.20 Å². The van der Waals surface area contributed by atoms with Gasteiger partial charge in [-0.1, -0.05) is 0 Å². The van der Waals surface area contributed by atoms with Gasteiger partial charge in [0, 0.05) is 19.8 Å². The molecular weight excluding hydrogens is 276 g/mol. The third kappa shape index (κ3) is 1.75. The minimum absolute atomic E-state index is 0.353. The Kier molecular flexibility index (Phi) is 3.05. The van der Waals surface area contributed by atoms with Gasteiger partial charge < -0.3 is 0 Å². The topological polar surface area (TPSA) is 53.5 Å². The Morgan fingerprint density at radius 1 is 1.20 bits per heavy atom. The number of nitrogens with zero attached hydrogens (tertiary/aromatic N) is 6. The lowest BCUT2D eigenvalue weighted by atomic mass is 10.4. The number of halogens is 1. The molecule has 106 valence electrons. The molecule has 0 bridgehead atoms. The first-order chi connectivity index (χ1) is 9.56. The highest BCUT2D eigenvalue weighted by Gasteiger charge is 2.21. The molecule has 0 aliphatic rings. The van der Waals surface area contributed by atoms with Gasteiger partial charge in [0.15, 0.2) is 5.65 Å². The molecule has 0 aliphatic heterocycles. The minimum atomic E-state index is 0.353. The van der Waals surface area contributed by atoms with E-state index in [0.717, 1.165) is 40.6 Å². The van der Waals surface area contributed by atoms with Crippen molar-refractivity contribution in [3.8, 4) is 5.69 Å². The fourth-order valence-corrected chi connectivity index (χ4v) is 2.76. The first-order valence-corrected chi connectivity index (χ1v) is 7.11. The molecule has 0 saturated heterocycles. The Morgan fingerprint density at radius 2 is 1.95 bits per heavy atom. The lowest BCUT2D eigenvalue weighted by Gasteiger charge is -2.07. The van der Waals surface area contributed by atoms with Gasteiger partial charge in [-0.15, -0.1) is 11.6 Å². The van der Waals surface area contributed by atoms with Crippen LogP contribution in [0, 0.1) is 13.8 Å². The van der Waals surface area contributed by atoms with Crippen molar-refractivity contribution in [1.29, 1.82) is 0 Å². The van der Waals surface area contributed by atoms with Crippen LogP contribution >= 0.6 is 11.6 Å². The molecule has 0 spiro atoms. The summed E-state index contributed by atoms with van der Waals surface area (Å²) in [5, 5.41) is 8.94. The van der Waals surface area contributed by atoms with Crippen LogP contribution in [-0.4, -0.2) is 29.1 Å². The summed E-state index contributed by atoms with van der Waals surface area (Å²) in [7, 11) is 1.91. The van der Waals surface area contributed by atoms with Gasteiger partial charge in [-0.3, -0.25) is 9.25 Å². The van der Waals surface area contributed by atoms with Crippen LogP contribution in [0.1, 0.15) is 24.1 Å². The molecule has 3 aromatic rings. The smallest absolute Gasteiger partial charge is 0.163 e. The van der Waals surface area contributed by atoms with Crippen molar-refractivity contribution < 1.29 is 0 Å². The van der Waals surface area contributed by atoms with Crippen molar-refractivity contribution in [2.24, 2.45) is 7.05 Å². The molecular formula is C13H17ClN6. The van der Waals surface area contributed by atoms with Crippen molar-refractivity contribution in [2.45, 2.75) is 33.2 Å². The standard InChI is InChI=1S/C13H17ClN6/c1-5-19-13-12(9(3)17-19)15-11(6-14)20(13)10-7-18(4)16-8(10)2/h7H,5-6H2,1-4H3. The molecule has 3 rings (SSSR count). The maximum atomic E-state index is 6.08. The molecule has 0 aliphatic carbocycles. The summed E-state index contributed by atoms with van der Waals surface area (Å²) >= 11 is 6.08. The molecule has 0 fully saturated rings. The van der Waals surface area contributed by atoms with Gasteiger partial charge in [-0.25, -0.2) is 9.67 Å². The maximum Gasteiger partial charge on any atom is 0.163 e. The van der Waals surface area contributed by atoms with Gasteiger partial charge in [-0.05, 0) is 20.8 Å². The Morgan fingerprint density at radius 3 is 2.50 bits per heavy atom. The number of aryl methyl sites for hydroxylation is 4. The Hall–Kier alpha value is -1.82. The minimum Gasteiger partial charge on any atom is -0.276 e. The Bertz CT molecular complexity index is 779. The van der Waals surface area contributed by atoms with Gasteiger partial charge in [0.1, 0.15) is 11.3 Å². The highest BCUT2D eigenvalue weighted by Crippen LogP contribution is 2.26. The predicted octanol–water partition coefficient (Wildman–Crippen LogP) is 2.33. The first kappa shape index (κ1) is 13.2. The molecule has 20 heavy (non-hydrogen) atoms. The van der Waals surface area contributed by atoms with Gasteiger partial charge >= 0.3 is 0 Å². The number of hydrogen-bond acceptors (Lipinski definition) is 3. The van der Waals surface area contributed by atoms with Crippen molar-refractivity contribution >= 4 is 22.8 Å². The number of rotatable bonds is 3. The molecule has 0 aromatic carbocycles. The number of alkyl halides is 1. The number of hydrogen-bond donors (Lipinski definition) is 0.